The summed E-state index contributed by atoms with van der Waals surface area (Å²) in [6, 6.07) is 0. The maximum atomic E-state index is 12.3. The molecule has 0 spiro atoms. The molecule has 0 radical (unpaired) electrons. The molecule has 4 heteroatoms. The Labute approximate surface area is 110 Å². The van der Waals surface area contributed by atoms with Crippen molar-refractivity contribution < 1.29 is 4.79 Å². The van der Waals surface area contributed by atoms with E-state index in [1.54, 1.807) is 0 Å². The predicted octanol–water partition coefficient (Wildman–Crippen LogP) is 0.964. The number of nitrogens with zero attached hydrogens (tertiary/aromatic N) is 1. The molecule has 1 aliphatic heterocycles. The SMILES string of the molecule is CN1CCCC(CNC(=O)C2(CN)CCCC2)C1. The van der Waals surface area contributed by atoms with Crippen LogP contribution in [0.5, 0.6) is 0 Å². The quantitative estimate of drug-likeness (QED) is 0.785. The van der Waals surface area contributed by atoms with E-state index >= 15 is 0 Å². The number of piperidine rings is 1. The Kier molecular flexibility index (Phi) is 4.62. The van der Waals surface area contributed by atoms with Gasteiger partial charge in [0.2, 0.25) is 5.91 Å². The summed E-state index contributed by atoms with van der Waals surface area (Å²) in [5.41, 5.74) is 5.58. The van der Waals surface area contributed by atoms with Gasteiger partial charge in [-0.3, -0.25) is 4.79 Å². The molecule has 1 amide bonds. The first-order valence-corrected chi connectivity index (χ1v) is 7.33. The fourth-order valence-corrected chi connectivity index (χ4v) is 3.44. The number of hydrogen-bond donors (Lipinski definition) is 2. The summed E-state index contributed by atoms with van der Waals surface area (Å²) in [7, 11) is 2.16. The van der Waals surface area contributed by atoms with Crippen LogP contribution >= 0.6 is 0 Å². The lowest BCUT2D eigenvalue weighted by molar-refractivity contribution is -0.130. The second kappa shape index (κ2) is 6.02. The number of nitrogens with two attached hydrogens (primary N) is 1. The van der Waals surface area contributed by atoms with Crippen molar-refractivity contribution in [1.29, 1.82) is 0 Å². The van der Waals surface area contributed by atoms with Crippen molar-refractivity contribution in [2.24, 2.45) is 17.1 Å². The molecule has 2 aliphatic rings. The lowest BCUT2D eigenvalue weighted by atomic mass is 9.85. The molecule has 1 saturated heterocycles. The van der Waals surface area contributed by atoms with Gasteiger partial charge >= 0.3 is 0 Å². The highest BCUT2D eigenvalue weighted by Crippen LogP contribution is 2.37. The van der Waals surface area contributed by atoms with E-state index in [2.05, 4.69) is 17.3 Å². The highest BCUT2D eigenvalue weighted by atomic mass is 16.2. The smallest absolute Gasteiger partial charge is 0.227 e. The lowest BCUT2D eigenvalue weighted by Crippen LogP contribution is -2.47. The summed E-state index contributed by atoms with van der Waals surface area (Å²) in [6.45, 7) is 3.63. The Bertz CT molecular complexity index is 287. The standard InChI is InChI=1S/C14H27N3O/c1-17-8-4-5-12(10-17)9-16-13(18)14(11-15)6-2-3-7-14/h12H,2-11,15H2,1H3,(H,16,18). The van der Waals surface area contributed by atoms with Crippen LogP contribution in [0.1, 0.15) is 38.5 Å². The van der Waals surface area contributed by atoms with E-state index in [0.717, 1.165) is 38.8 Å². The second-order valence-corrected chi connectivity index (χ2v) is 6.17. The van der Waals surface area contributed by atoms with Gasteiger partial charge in [-0.25, -0.2) is 0 Å². The van der Waals surface area contributed by atoms with Crippen LogP contribution in [0.2, 0.25) is 0 Å². The van der Waals surface area contributed by atoms with E-state index in [0.29, 0.717) is 12.5 Å². The van der Waals surface area contributed by atoms with E-state index in [9.17, 15) is 4.79 Å². The molecule has 1 atom stereocenters. The summed E-state index contributed by atoms with van der Waals surface area (Å²) in [6.07, 6.45) is 6.73. The molecule has 1 heterocycles. The fourth-order valence-electron chi connectivity index (χ4n) is 3.44. The molecule has 1 unspecified atom stereocenters. The van der Waals surface area contributed by atoms with Crippen molar-refractivity contribution in [3.05, 3.63) is 0 Å². The maximum absolute atomic E-state index is 12.3. The van der Waals surface area contributed by atoms with Gasteiger partial charge in [-0.1, -0.05) is 12.8 Å². The third kappa shape index (κ3) is 3.04. The van der Waals surface area contributed by atoms with Gasteiger partial charge in [-0.2, -0.15) is 0 Å². The molecule has 4 nitrogen and oxygen atoms in total. The molecule has 18 heavy (non-hydrogen) atoms. The van der Waals surface area contributed by atoms with Crippen LogP contribution in [-0.2, 0) is 4.79 Å². The van der Waals surface area contributed by atoms with Crippen LogP contribution in [0.15, 0.2) is 0 Å². The highest BCUT2D eigenvalue weighted by Gasteiger charge is 2.39. The number of nitrogens with one attached hydrogen (secondary N) is 1. The molecule has 0 bridgehead atoms. The van der Waals surface area contributed by atoms with Crippen LogP contribution in [0, 0.1) is 11.3 Å². The predicted molar refractivity (Wildman–Crippen MR) is 73.2 cm³/mol. The van der Waals surface area contributed by atoms with E-state index in [4.69, 9.17) is 5.73 Å². The number of carbonyl (C=O) groups excluding carboxylic acids is 1. The van der Waals surface area contributed by atoms with Crippen molar-refractivity contribution >= 4 is 5.91 Å². The molecule has 1 aliphatic carbocycles. The molecule has 0 aromatic rings. The third-order valence-corrected chi connectivity index (χ3v) is 4.71. The Balaban J connectivity index is 1.80. The lowest BCUT2D eigenvalue weighted by Gasteiger charge is -2.31. The second-order valence-electron chi connectivity index (χ2n) is 6.17. The Morgan fingerprint density at radius 2 is 2.11 bits per heavy atom. The molecule has 1 saturated carbocycles. The molecule has 2 rings (SSSR count). The zero-order valence-corrected chi connectivity index (χ0v) is 11.6. The van der Waals surface area contributed by atoms with Crippen LogP contribution in [-0.4, -0.2) is 44.0 Å². The third-order valence-electron chi connectivity index (χ3n) is 4.71. The number of hydrogen-bond acceptors (Lipinski definition) is 3. The monoisotopic (exact) mass is 253 g/mol. The molecule has 104 valence electrons. The topological polar surface area (TPSA) is 58.4 Å². The van der Waals surface area contributed by atoms with E-state index in [1.807, 2.05) is 0 Å². The first kappa shape index (κ1) is 13.8. The Hall–Kier alpha value is -0.610. The molecular formula is C14H27N3O. The van der Waals surface area contributed by atoms with E-state index in [1.165, 1.54) is 19.4 Å². The summed E-state index contributed by atoms with van der Waals surface area (Å²) in [5, 5.41) is 3.16. The minimum Gasteiger partial charge on any atom is -0.355 e. The minimum absolute atomic E-state index is 0.204. The van der Waals surface area contributed by atoms with Crippen LogP contribution in [0.4, 0.5) is 0 Å². The molecule has 2 fully saturated rings. The van der Waals surface area contributed by atoms with E-state index < -0.39 is 0 Å². The number of amides is 1. The van der Waals surface area contributed by atoms with Gasteiger partial charge in [0.1, 0.15) is 0 Å². The maximum Gasteiger partial charge on any atom is 0.227 e. The molecule has 0 aromatic carbocycles. The van der Waals surface area contributed by atoms with Crippen molar-refractivity contribution in [1.82, 2.24) is 10.2 Å². The van der Waals surface area contributed by atoms with Crippen LogP contribution in [0.25, 0.3) is 0 Å². The van der Waals surface area contributed by atoms with Crippen LogP contribution in [0.3, 0.4) is 0 Å². The first-order valence-electron chi connectivity index (χ1n) is 7.33. The van der Waals surface area contributed by atoms with Crippen molar-refractivity contribution in [3.63, 3.8) is 0 Å². The van der Waals surface area contributed by atoms with Crippen molar-refractivity contribution in [3.8, 4) is 0 Å². The van der Waals surface area contributed by atoms with Crippen LogP contribution < -0.4 is 11.1 Å². The summed E-state index contributed by atoms with van der Waals surface area (Å²) in [5.74, 6) is 0.819. The molecular weight excluding hydrogens is 226 g/mol. The first-order chi connectivity index (χ1) is 8.66. The van der Waals surface area contributed by atoms with Gasteiger partial charge in [0.25, 0.3) is 0 Å². The van der Waals surface area contributed by atoms with Gasteiger partial charge in [-0.05, 0) is 45.2 Å². The van der Waals surface area contributed by atoms with Gasteiger partial charge in [-0.15, -0.1) is 0 Å². The fraction of sp³-hybridized carbons (Fsp3) is 0.929. The number of rotatable bonds is 4. The van der Waals surface area contributed by atoms with Crippen molar-refractivity contribution in [2.45, 2.75) is 38.5 Å². The Morgan fingerprint density at radius 1 is 1.39 bits per heavy atom. The summed E-state index contributed by atoms with van der Waals surface area (Å²) >= 11 is 0. The zero-order chi connectivity index (χ0) is 13.0. The molecule has 0 aromatic heterocycles. The minimum atomic E-state index is -0.249. The highest BCUT2D eigenvalue weighted by molar-refractivity contribution is 5.83. The van der Waals surface area contributed by atoms with E-state index in [-0.39, 0.29) is 11.3 Å². The normalized spacial score (nSPS) is 28.2. The Morgan fingerprint density at radius 3 is 2.72 bits per heavy atom. The van der Waals surface area contributed by atoms with Gasteiger partial charge in [0.15, 0.2) is 0 Å². The summed E-state index contributed by atoms with van der Waals surface area (Å²) < 4.78 is 0. The largest absolute Gasteiger partial charge is 0.355 e. The average molecular weight is 253 g/mol. The average Bonchev–Trinajstić information content (AvgIpc) is 2.86. The van der Waals surface area contributed by atoms with Crippen molar-refractivity contribution in [2.75, 3.05) is 33.2 Å². The summed E-state index contributed by atoms with van der Waals surface area (Å²) in [4.78, 5) is 14.7. The van der Waals surface area contributed by atoms with Gasteiger partial charge < -0.3 is 16.0 Å². The zero-order valence-electron chi connectivity index (χ0n) is 11.6. The number of carbonyl (C=O) groups is 1. The van der Waals surface area contributed by atoms with Gasteiger partial charge in [0, 0.05) is 19.6 Å². The molecule has 3 N–H and O–H groups in total. The number of likely N-dealkylation sites (tertiary alicyclic amines) is 1. The van der Waals surface area contributed by atoms with Gasteiger partial charge in [0.05, 0.1) is 5.41 Å².